The van der Waals surface area contributed by atoms with Crippen LogP contribution in [0, 0.1) is 0 Å². The van der Waals surface area contributed by atoms with Gasteiger partial charge in [0.15, 0.2) is 11.4 Å². The molecule has 2 aromatic rings. The molecular formula is C11H12N6O3. The molecule has 0 radical (unpaired) electrons. The van der Waals surface area contributed by atoms with Crippen LogP contribution in [0.5, 0.6) is 0 Å². The van der Waals surface area contributed by atoms with Crippen LogP contribution in [0.4, 0.5) is 5.82 Å². The first kappa shape index (κ1) is 13.5. The van der Waals surface area contributed by atoms with E-state index in [9.17, 15) is 9.59 Å². The fraction of sp³-hybridized carbons (Fsp3) is 0.182. The number of carboxylic acids is 1. The van der Waals surface area contributed by atoms with Gasteiger partial charge in [0.25, 0.3) is 5.91 Å². The highest BCUT2D eigenvalue weighted by Crippen LogP contribution is 2.02. The first-order valence-electron chi connectivity index (χ1n) is 5.69. The summed E-state index contributed by atoms with van der Waals surface area (Å²) in [5, 5.41) is 19.1. The molecule has 0 unspecified atom stereocenters. The highest BCUT2D eigenvalue weighted by molar-refractivity contribution is 5.90. The van der Waals surface area contributed by atoms with Crippen LogP contribution in [0.25, 0.3) is 0 Å². The molecule has 2 rings (SSSR count). The number of carbonyl (C=O) groups excluding carboxylic acids is 1. The Bertz CT molecular complexity index is 621. The van der Waals surface area contributed by atoms with Gasteiger partial charge >= 0.3 is 5.97 Å². The molecule has 9 nitrogen and oxygen atoms in total. The second-order valence-corrected chi connectivity index (χ2v) is 3.90. The fourth-order valence-corrected chi connectivity index (χ4v) is 1.46. The van der Waals surface area contributed by atoms with Gasteiger partial charge in [0.05, 0.1) is 6.33 Å². The summed E-state index contributed by atoms with van der Waals surface area (Å²) in [5.41, 5.74) is 5.14. The average molecular weight is 276 g/mol. The van der Waals surface area contributed by atoms with Gasteiger partial charge in [-0.05, 0) is 12.1 Å². The Hall–Kier alpha value is -2.97. The quantitative estimate of drug-likeness (QED) is 0.651. The molecule has 104 valence electrons. The largest absolute Gasteiger partial charge is 0.476 e. The van der Waals surface area contributed by atoms with Crippen molar-refractivity contribution in [3.63, 3.8) is 0 Å². The molecule has 2 aromatic heterocycles. The van der Waals surface area contributed by atoms with E-state index in [1.165, 1.54) is 18.6 Å². The summed E-state index contributed by atoms with van der Waals surface area (Å²) in [6.45, 7) is 1.01. The molecule has 0 bridgehead atoms. The van der Waals surface area contributed by atoms with Crippen LogP contribution in [0.1, 0.15) is 21.0 Å². The Kier molecular flexibility index (Phi) is 3.89. The summed E-state index contributed by atoms with van der Waals surface area (Å²) in [7, 11) is 0. The van der Waals surface area contributed by atoms with E-state index in [4.69, 9.17) is 10.8 Å². The van der Waals surface area contributed by atoms with Crippen molar-refractivity contribution in [1.29, 1.82) is 0 Å². The van der Waals surface area contributed by atoms with Gasteiger partial charge in [-0.15, -0.1) is 10.2 Å². The minimum atomic E-state index is -1.07. The van der Waals surface area contributed by atoms with Crippen molar-refractivity contribution in [3.8, 4) is 0 Å². The number of rotatable bonds is 6. The monoisotopic (exact) mass is 276 g/mol. The third kappa shape index (κ3) is 3.28. The standard InChI is InChI=1S/C11H12N6O3/c12-10(18)7-1-2-9(16-15-7)13-3-4-17-5-8(11(19)20)14-6-17/h1-2,5-6H,3-4H2,(H2,12,18)(H,13,16)(H,19,20). The fourth-order valence-electron chi connectivity index (χ4n) is 1.46. The molecule has 0 saturated heterocycles. The molecule has 0 spiro atoms. The van der Waals surface area contributed by atoms with E-state index in [2.05, 4.69) is 20.5 Å². The van der Waals surface area contributed by atoms with Crippen molar-refractivity contribution in [2.75, 3.05) is 11.9 Å². The second kappa shape index (κ2) is 5.78. The van der Waals surface area contributed by atoms with Gasteiger partial charge in [-0.25, -0.2) is 9.78 Å². The summed E-state index contributed by atoms with van der Waals surface area (Å²) >= 11 is 0. The number of hydrogen-bond donors (Lipinski definition) is 3. The molecule has 2 heterocycles. The zero-order valence-electron chi connectivity index (χ0n) is 10.4. The number of aromatic nitrogens is 4. The molecular weight excluding hydrogens is 264 g/mol. The molecule has 20 heavy (non-hydrogen) atoms. The topological polar surface area (TPSA) is 136 Å². The number of primary amides is 1. The van der Waals surface area contributed by atoms with Gasteiger partial charge in [-0.2, -0.15) is 0 Å². The van der Waals surface area contributed by atoms with Crippen molar-refractivity contribution in [2.45, 2.75) is 6.54 Å². The first-order valence-corrected chi connectivity index (χ1v) is 5.69. The van der Waals surface area contributed by atoms with E-state index in [-0.39, 0.29) is 11.4 Å². The lowest BCUT2D eigenvalue weighted by Gasteiger charge is -2.05. The number of anilines is 1. The van der Waals surface area contributed by atoms with Crippen LogP contribution < -0.4 is 11.1 Å². The third-order valence-electron chi connectivity index (χ3n) is 2.45. The Morgan fingerprint density at radius 1 is 1.30 bits per heavy atom. The van der Waals surface area contributed by atoms with E-state index < -0.39 is 11.9 Å². The molecule has 9 heteroatoms. The van der Waals surface area contributed by atoms with Gasteiger partial charge in [0.2, 0.25) is 0 Å². The zero-order valence-corrected chi connectivity index (χ0v) is 10.4. The maximum Gasteiger partial charge on any atom is 0.356 e. The molecule has 1 amide bonds. The van der Waals surface area contributed by atoms with Crippen molar-refractivity contribution in [2.24, 2.45) is 5.73 Å². The summed E-state index contributed by atoms with van der Waals surface area (Å²) in [6.07, 6.45) is 2.87. The van der Waals surface area contributed by atoms with Crippen LogP contribution >= 0.6 is 0 Å². The summed E-state index contributed by atoms with van der Waals surface area (Å²) in [4.78, 5) is 25.2. The second-order valence-electron chi connectivity index (χ2n) is 3.90. The number of carboxylic acid groups (broad SMARTS) is 1. The summed E-state index contributed by atoms with van der Waals surface area (Å²) in [5.74, 6) is -1.21. The SMILES string of the molecule is NC(=O)c1ccc(NCCn2cnc(C(=O)O)c2)nn1. The predicted molar refractivity (Wildman–Crippen MR) is 68.2 cm³/mol. The van der Waals surface area contributed by atoms with E-state index in [1.807, 2.05) is 0 Å². The number of hydrogen-bond acceptors (Lipinski definition) is 6. The van der Waals surface area contributed by atoms with Crippen LogP contribution in [-0.4, -0.2) is 43.3 Å². The smallest absolute Gasteiger partial charge is 0.356 e. The number of carbonyl (C=O) groups is 2. The maximum absolute atomic E-state index is 10.8. The van der Waals surface area contributed by atoms with Crippen LogP contribution in [0.3, 0.4) is 0 Å². The van der Waals surface area contributed by atoms with Crippen molar-refractivity contribution in [1.82, 2.24) is 19.7 Å². The number of nitrogens with two attached hydrogens (primary N) is 1. The summed E-state index contributed by atoms with van der Waals surface area (Å²) in [6, 6.07) is 3.06. The molecule has 0 saturated carbocycles. The minimum Gasteiger partial charge on any atom is -0.476 e. The molecule has 0 fully saturated rings. The number of imidazole rings is 1. The first-order chi connectivity index (χ1) is 9.56. The highest BCUT2D eigenvalue weighted by atomic mass is 16.4. The van der Waals surface area contributed by atoms with Crippen LogP contribution in [-0.2, 0) is 6.54 Å². The van der Waals surface area contributed by atoms with Gasteiger partial charge < -0.3 is 20.7 Å². The zero-order chi connectivity index (χ0) is 14.5. The van der Waals surface area contributed by atoms with Gasteiger partial charge in [0.1, 0.15) is 5.82 Å². The molecule has 0 aliphatic rings. The maximum atomic E-state index is 10.8. The molecule has 0 aliphatic heterocycles. The van der Waals surface area contributed by atoms with Crippen LogP contribution in [0.15, 0.2) is 24.7 Å². The molecule has 0 aromatic carbocycles. The lowest BCUT2D eigenvalue weighted by atomic mass is 10.4. The van der Waals surface area contributed by atoms with Crippen molar-refractivity contribution in [3.05, 3.63) is 36.0 Å². The van der Waals surface area contributed by atoms with E-state index in [1.54, 1.807) is 10.6 Å². The molecule has 0 atom stereocenters. The summed E-state index contributed by atoms with van der Waals surface area (Å²) < 4.78 is 1.64. The Morgan fingerprint density at radius 3 is 2.65 bits per heavy atom. The molecule has 4 N–H and O–H groups in total. The minimum absolute atomic E-state index is 0.00407. The van der Waals surface area contributed by atoms with Crippen molar-refractivity contribution < 1.29 is 14.7 Å². The Labute approximate surface area is 113 Å². The van der Waals surface area contributed by atoms with Gasteiger partial charge in [-0.1, -0.05) is 0 Å². The lowest BCUT2D eigenvalue weighted by Crippen LogP contribution is -2.15. The van der Waals surface area contributed by atoms with Gasteiger partial charge in [-0.3, -0.25) is 4.79 Å². The third-order valence-corrected chi connectivity index (χ3v) is 2.45. The Morgan fingerprint density at radius 2 is 2.10 bits per heavy atom. The van der Waals surface area contributed by atoms with E-state index in [0.29, 0.717) is 18.9 Å². The normalized spacial score (nSPS) is 10.2. The Balaban J connectivity index is 1.85. The van der Waals surface area contributed by atoms with Crippen molar-refractivity contribution >= 4 is 17.7 Å². The van der Waals surface area contributed by atoms with E-state index >= 15 is 0 Å². The highest BCUT2D eigenvalue weighted by Gasteiger charge is 2.06. The lowest BCUT2D eigenvalue weighted by molar-refractivity contribution is 0.0690. The van der Waals surface area contributed by atoms with Gasteiger partial charge in [0, 0.05) is 19.3 Å². The van der Waals surface area contributed by atoms with Crippen LogP contribution in [0.2, 0.25) is 0 Å². The number of aromatic carboxylic acids is 1. The number of amides is 1. The number of nitrogens with zero attached hydrogens (tertiary/aromatic N) is 4. The predicted octanol–water partition coefficient (Wildman–Crippen LogP) is -0.418. The van der Waals surface area contributed by atoms with E-state index in [0.717, 1.165) is 0 Å². The number of nitrogens with one attached hydrogen (secondary N) is 1. The average Bonchev–Trinajstić information content (AvgIpc) is 2.88. The molecule has 0 aliphatic carbocycles.